The van der Waals surface area contributed by atoms with Gasteiger partial charge in [-0.15, -0.1) is 0 Å². The van der Waals surface area contributed by atoms with Gasteiger partial charge in [-0.1, -0.05) is 104 Å². The Hall–Kier alpha value is -7.46. The number of fused-ring (bicyclic) bond motifs is 24. The Kier molecular flexibility index (Phi) is 7.84. The van der Waals surface area contributed by atoms with Crippen LogP contribution < -0.4 is 9.97 Å². The molecule has 8 aromatic carbocycles. The zero-order valence-corrected chi connectivity index (χ0v) is 31.7. The molecule has 2 aliphatic heterocycles. The van der Waals surface area contributed by atoms with Crippen LogP contribution in [0.1, 0.15) is 7.43 Å². The van der Waals surface area contributed by atoms with Crippen LogP contribution in [0.5, 0.6) is 0 Å². The molecule has 13 rings (SSSR count). The summed E-state index contributed by atoms with van der Waals surface area (Å²) in [7, 11) is 0. The fraction of sp³-hybridized carbons (Fsp3) is 0.0204. The molecule has 0 atom stereocenters. The molecule has 2 aliphatic rings. The molecule has 10 heteroatoms. The predicted molar refractivity (Wildman–Crippen MR) is 231 cm³/mol. The van der Waals surface area contributed by atoms with Gasteiger partial charge in [0.2, 0.25) is 0 Å². The first-order chi connectivity index (χ1) is 28.7. The van der Waals surface area contributed by atoms with E-state index in [2.05, 4.69) is 97.1 Å². The molecule has 0 fully saturated rings. The summed E-state index contributed by atoms with van der Waals surface area (Å²) in [6, 6.07) is 50.4. The summed E-state index contributed by atoms with van der Waals surface area (Å²) in [5.41, 5.74) is 5.67. The predicted octanol–water partition coefficient (Wildman–Crippen LogP) is 11.3. The number of hydrogen-bond donors (Lipinski definition) is 0. The maximum absolute atomic E-state index is 8.19. The Balaban J connectivity index is 0.00000130. The van der Waals surface area contributed by atoms with Crippen LogP contribution in [0.4, 0.5) is 0 Å². The quantitative estimate of drug-likeness (QED) is 0.148. The van der Waals surface area contributed by atoms with Gasteiger partial charge in [0, 0.05) is 44.8 Å². The van der Waals surface area contributed by atoms with Gasteiger partial charge in [0.1, 0.15) is 0 Å². The molecule has 0 saturated carbocycles. The van der Waals surface area contributed by atoms with Crippen molar-refractivity contribution in [2.24, 2.45) is 0 Å². The third kappa shape index (κ3) is 5.40. The van der Waals surface area contributed by atoms with Crippen LogP contribution in [0.25, 0.3) is 133 Å². The van der Waals surface area contributed by atoms with Gasteiger partial charge in [0.05, 0.1) is 23.3 Å². The minimum atomic E-state index is 0. The maximum atomic E-state index is 8.19. The van der Waals surface area contributed by atoms with Gasteiger partial charge in [-0.3, -0.25) is 0 Å². The van der Waals surface area contributed by atoms with Crippen molar-refractivity contribution in [1.82, 2.24) is 39.9 Å². The molecule has 0 radical (unpaired) electrons. The van der Waals surface area contributed by atoms with Gasteiger partial charge in [-0.05, 0) is 113 Å². The Morgan fingerprint density at radius 1 is 0.305 bits per heavy atom. The molecule has 275 valence electrons. The van der Waals surface area contributed by atoms with Crippen molar-refractivity contribution in [3.05, 3.63) is 146 Å². The summed E-state index contributed by atoms with van der Waals surface area (Å²) < 4.78 is 8.19. The van der Waals surface area contributed by atoms with E-state index in [9.17, 15) is 0 Å². The largest absolute Gasteiger partial charge is 0.357 e. The third-order valence-electron chi connectivity index (χ3n) is 11.2. The molecule has 11 aromatic rings. The van der Waals surface area contributed by atoms with Crippen molar-refractivity contribution in [2.45, 2.75) is 7.43 Å². The summed E-state index contributed by atoms with van der Waals surface area (Å²) in [6.45, 7) is 0. The van der Waals surface area contributed by atoms with E-state index in [1.165, 1.54) is 0 Å². The Morgan fingerprint density at radius 2 is 0.508 bits per heavy atom. The zero-order chi connectivity index (χ0) is 38.5. The summed E-state index contributed by atoms with van der Waals surface area (Å²) in [4.78, 5) is 41.6. The van der Waals surface area contributed by atoms with Crippen LogP contribution in [-0.4, -0.2) is 29.9 Å². The minimum Gasteiger partial charge on any atom is -0.357 e. The zero-order valence-electron chi connectivity index (χ0n) is 30.3. The fourth-order valence-corrected chi connectivity index (χ4v) is 8.41. The summed E-state index contributed by atoms with van der Waals surface area (Å²) >= 11 is 1.06. The van der Waals surface area contributed by atoms with Gasteiger partial charge < -0.3 is 29.9 Å². The molecule has 0 aliphatic carbocycles. The van der Waals surface area contributed by atoms with E-state index in [-0.39, 0.29) is 7.43 Å². The molecular weight excluding hydrogens is 768 g/mol. The molecule has 0 spiro atoms. The first-order valence-electron chi connectivity index (χ1n) is 18.7. The van der Waals surface area contributed by atoms with Crippen LogP contribution >= 0.6 is 0 Å². The van der Waals surface area contributed by atoms with E-state index in [0.717, 1.165) is 104 Å². The summed E-state index contributed by atoms with van der Waals surface area (Å²) in [5.74, 6) is 2.14. The Morgan fingerprint density at radius 3 is 0.729 bits per heavy atom. The van der Waals surface area contributed by atoms with Gasteiger partial charge in [-0.25, -0.2) is 9.97 Å². The third-order valence-corrected chi connectivity index (χ3v) is 11.2. The standard InChI is InChI=1S/C48H24N8.CH4.O.V/c1-2-10-26-18-34-33(17-25(26)9-1)41-49-42(34)54-44-37-21-29-13-5-6-14-30(29)22-38(37)46(51-44)56-48-40-24-32-16-8-7-15-31(32)23-39(40)47(52-48)55-45-36-20-28-12-4-3-11-27(28)19-35(36)43(50-45)53-41;;;/h1-24H;1H4;;/q-2;;;+2. The van der Waals surface area contributed by atoms with Crippen LogP contribution in [0.2, 0.25) is 0 Å². The number of benzene rings is 8. The van der Waals surface area contributed by atoms with Crippen molar-refractivity contribution in [3.8, 4) is 45.6 Å². The van der Waals surface area contributed by atoms with E-state index in [4.69, 9.17) is 43.5 Å². The first-order valence-corrected chi connectivity index (χ1v) is 19.3. The molecule has 5 heterocycles. The van der Waals surface area contributed by atoms with Crippen molar-refractivity contribution in [1.29, 1.82) is 0 Å². The van der Waals surface area contributed by atoms with Gasteiger partial charge in [-0.2, -0.15) is 0 Å². The Labute approximate surface area is 345 Å². The van der Waals surface area contributed by atoms with E-state index < -0.39 is 0 Å². The van der Waals surface area contributed by atoms with Crippen LogP contribution in [0.15, 0.2) is 146 Å². The molecule has 59 heavy (non-hydrogen) atoms. The number of aromatic nitrogens is 8. The van der Waals surface area contributed by atoms with Crippen LogP contribution in [0.3, 0.4) is 0 Å². The van der Waals surface area contributed by atoms with E-state index in [1.54, 1.807) is 0 Å². The topological polar surface area (TPSA) is 123 Å². The normalized spacial score (nSPS) is 11.8. The van der Waals surface area contributed by atoms with Crippen molar-refractivity contribution >= 4 is 87.2 Å². The summed E-state index contributed by atoms with van der Waals surface area (Å²) in [6.07, 6.45) is 0. The van der Waals surface area contributed by atoms with Gasteiger partial charge in [0.25, 0.3) is 0 Å². The molecule has 0 amide bonds. The minimum absolute atomic E-state index is 0. The van der Waals surface area contributed by atoms with E-state index >= 15 is 0 Å². The van der Waals surface area contributed by atoms with Crippen LogP contribution in [-0.2, 0) is 21.0 Å². The molecular formula is C49H28N8OV. The van der Waals surface area contributed by atoms with Crippen molar-refractivity contribution in [3.63, 3.8) is 0 Å². The molecule has 0 N–H and O–H groups in total. The summed E-state index contributed by atoms with van der Waals surface area (Å²) in [5, 5.41) is 12.2. The van der Waals surface area contributed by atoms with Gasteiger partial charge in [0.15, 0.2) is 0 Å². The smallest absolute Gasteiger partial charge is 0.0928 e. The van der Waals surface area contributed by atoms with E-state index in [1.807, 2.05) is 48.5 Å². The molecule has 0 unspecified atom stereocenters. The van der Waals surface area contributed by atoms with Crippen molar-refractivity contribution < 1.29 is 21.0 Å². The fourth-order valence-electron chi connectivity index (χ4n) is 8.41. The Bertz CT molecular complexity index is 3280. The van der Waals surface area contributed by atoms with Crippen molar-refractivity contribution in [2.75, 3.05) is 0 Å². The first kappa shape index (κ1) is 34.8. The van der Waals surface area contributed by atoms with Gasteiger partial charge >= 0.3 is 21.0 Å². The SMILES string of the molecule is C.[O]=[V+2].c1ccc2cc3c(cc2c1)-c1nc-3nc2[n-]c(nc3nc(nc4[n-]c(n1)c1cc5ccccc5cc41)-c1cc4ccccc4cc1-3)c1cc3ccccc3cc21. The average molecular weight is 796 g/mol. The average Bonchev–Trinajstić information content (AvgIpc) is 3.98. The maximum Gasteiger partial charge on any atom is 0.0928 e. The second-order valence-corrected chi connectivity index (χ2v) is 14.5. The second kappa shape index (κ2) is 13.3. The molecule has 8 bridgehead atoms. The number of rotatable bonds is 0. The monoisotopic (exact) mass is 795 g/mol. The second-order valence-electron chi connectivity index (χ2n) is 14.5. The molecule has 9 nitrogen and oxygen atoms in total. The number of hydrogen-bond acceptors (Lipinski definition) is 7. The van der Waals surface area contributed by atoms with Crippen LogP contribution in [0, 0.1) is 0 Å². The molecule has 0 saturated heterocycles. The number of nitrogens with zero attached hydrogens (tertiary/aromatic N) is 8. The molecule has 3 aromatic heterocycles. The van der Waals surface area contributed by atoms with E-state index in [0.29, 0.717) is 45.9 Å².